The molecule has 1 heterocycles. The molecule has 1 fully saturated rings. The predicted octanol–water partition coefficient (Wildman–Crippen LogP) is 4.86. The largest absolute Gasteiger partial charge is 0.466 e. The molecule has 1 aliphatic rings. The summed E-state index contributed by atoms with van der Waals surface area (Å²) in [6.45, 7) is 2.80. The van der Waals surface area contributed by atoms with Gasteiger partial charge in [-0.3, -0.25) is 4.79 Å². The lowest BCUT2D eigenvalue weighted by Crippen LogP contribution is -2.10. The van der Waals surface area contributed by atoms with Crippen molar-refractivity contribution in [1.29, 1.82) is 0 Å². The van der Waals surface area contributed by atoms with Crippen molar-refractivity contribution in [1.82, 2.24) is 0 Å². The zero-order valence-corrected chi connectivity index (χ0v) is 12.1. The van der Waals surface area contributed by atoms with E-state index in [1.165, 1.54) is 64.2 Å². The van der Waals surface area contributed by atoms with Crippen LogP contribution in [-0.2, 0) is 9.53 Å². The topological polar surface area (TPSA) is 26.3 Å². The summed E-state index contributed by atoms with van der Waals surface area (Å²) >= 11 is 0. The second-order valence-electron chi connectivity index (χ2n) is 5.85. The van der Waals surface area contributed by atoms with Crippen molar-refractivity contribution in [3.8, 4) is 0 Å². The molecule has 0 radical (unpaired) electrons. The Morgan fingerprint density at radius 3 is 1.94 bits per heavy atom. The highest BCUT2D eigenvalue weighted by molar-refractivity contribution is 5.69. The number of hydrogen-bond acceptors (Lipinski definition) is 2. The normalized spacial score (nSPS) is 26.5. The minimum atomic E-state index is 0.00888. The first kappa shape index (κ1) is 15.5. The van der Waals surface area contributed by atoms with E-state index in [0.717, 1.165) is 6.42 Å². The Morgan fingerprint density at radius 2 is 1.33 bits per heavy atom. The third-order valence-electron chi connectivity index (χ3n) is 3.87. The molecule has 0 saturated carbocycles. The molecule has 0 aromatic carbocycles. The van der Waals surface area contributed by atoms with Gasteiger partial charge in [0.05, 0.1) is 6.61 Å². The van der Waals surface area contributed by atoms with Gasteiger partial charge in [0.2, 0.25) is 0 Å². The molecule has 0 N–H and O–H groups in total. The average Bonchev–Trinajstić information content (AvgIpc) is 2.33. The molecular formula is C16H30O2. The number of esters is 1. The van der Waals surface area contributed by atoms with Gasteiger partial charge in [-0.05, 0) is 12.3 Å². The van der Waals surface area contributed by atoms with Gasteiger partial charge in [-0.1, -0.05) is 71.1 Å². The molecule has 0 bridgehead atoms. The van der Waals surface area contributed by atoms with E-state index < -0.39 is 0 Å². The molecule has 0 aromatic heterocycles. The summed E-state index contributed by atoms with van der Waals surface area (Å²) in [6.07, 6.45) is 14.9. The molecule has 1 aliphatic heterocycles. The SMILES string of the molecule is C[C@H]1CCCCCCCCCCCCOC(=O)C1. The molecule has 0 amide bonds. The van der Waals surface area contributed by atoms with Gasteiger partial charge in [0.25, 0.3) is 0 Å². The van der Waals surface area contributed by atoms with Crippen molar-refractivity contribution in [2.45, 2.75) is 84.0 Å². The Labute approximate surface area is 112 Å². The van der Waals surface area contributed by atoms with E-state index in [-0.39, 0.29) is 5.97 Å². The van der Waals surface area contributed by atoms with Crippen LogP contribution in [0.4, 0.5) is 0 Å². The van der Waals surface area contributed by atoms with Crippen LogP contribution in [0.5, 0.6) is 0 Å². The molecular weight excluding hydrogens is 224 g/mol. The van der Waals surface area contributed by atoms with Crippen molar-refractivity contribution >= 4 is 5.97 Å². The molecule has 18 heavy (non-hydrogen) atoms. The van der Waals surface area contributed by atoms with Crippen LogP contribution >= 0.6 is 0 Å². The Balaban J connectivity index is 2.21. The zero-order chi connectivity index (χ0) is 13.1. The van der Waals surface area contributed by atoms with E-state index in [4.69, 9.17) is 4.74 Å². The number of carbonyl (C=O) groups is 1. The third-order valence-corrected chi connectivity index (χ3v) is 3.87. The van der Waals surface area contributed by atoms with Crippen LogP contribution in [0.15, 0.2) is 0 Å². The second-order valence-corrected chi connectivity index (χ2v) is 5.85. The summed E-state index contributed by atoms with van der Waals surface area (Å²) in [7, 11) is 0. The van der Waals surface area contributed by atoms with E-state index in [1.807, 2.05) is 0 Å². The Bertz CT molecular complexity index is 213. The van der Waals surface area contributed by atoms with Crippen molar-refractivity contribution in [2.24, 2.45) is 5.92 Å². The highest BCUT2D eigenvalue weighted by Crippen LogP contribution is 2.16. The van der Waals surface area contributed by atoms with Crippen LogP contribution in [0.2, 0.25) is 0 Å². The van der Waals surface area contributed by atoms with Crippen LogP contribution in [0.1, 0.15) is 84.0 Å². The number of hydrogen-bond donors (Lipinski definition) is 0. The lowest BCUT2D eigenvalue weighted by molar-refractivity contribution is -0.144. The van der Waals surface area contributed by atoms with Gasteiger partial charge in [0.15, 0.2) is 0 Å². The summed E-state index contributed by atoms with van der Waals surface area (Å²) in [5.41, 5.74) is 0. The maximum Gasteiger partial charge on any atom is 0.306 e. The molecule has 2 nitrogen and oxygen atoms in total. The molecule has 0 spiro atoms. The average molecular weight is 254 g/mol. The van der Waals surface area contributed by atoms with E-state index in [1.54, 1.807) is 0 Å². The minimum absolute atomic E-state index is 0.00888. The van der Waals surface area contributed by atoms with E-state index in [2.05, 4.69) is 6.92 Å². The zero-order valence-electron chi connectivity index (χ0n) is 12.1. The Kier molecular flexibility index (Phi) is 8.97. The van der Waals surface area contributed by atoms with E-state index >= 15 is 0 Å². The van der Waals surface area contributed by atoms with Gasteiger partial charge < -0.3 is 4.74 Å². The standard InChI is InChI=1S/C16H30O2/c1-15-12-10-8-6-4-2-3-5-7-9-11-13-18-16(17)14-15/h15H,2-14H2,1H3/t15-/m0/s1. The second kappa shape index (κ2) is 10.4. The van der Waals surface area contributed by atoms with Gasteiger partial charge >= 0.3 is 5.97 Å². The maximum atomic E-state index is 11.6. The summed E-state index contributed by atoms with van der Waals surface area (Å²) in [5.74, 6) is 0.500. The highest BCUT2D eigenvalue weighted by atomic mass is 16.5. The van der Waals surface area contributed by atoms with E-state index in [9.17, 15) is 4.79 Å². The van der Waals surface area contributed by atoms with Crippen LogP contribution in [0.3, 0.4) is 0 Å². The lowest BCUT2D eigenvalue weighted by Gasteiger charge is -2.11. The highest BCUT2D eigenvalue weighted by Gasteiger charge is 2.10. The van der Waals surface area contributed by atoms with Crippen LogP contribution in [0.25, 0.3) is 0 Å². The molecule has 1 atom stereocenters. The fraction of sp³-hybridized carbons (Fsp3) is 0.938. The smallest absolute Gasteiger partial charge is 0.306 e. The summed E-state index contributed by atoms with van der Waals surface area (Å²) in [6, 6.07) is 0. The number of ether oxygens (including phenoxy) is 1. The van der Waals surface area contributed by atoms with Crippen LogP contribution in [-0.4, -0.2) is 12.6 Å². The molecule has 1 saturated heterocycles. The van der Waals surface area contributed by atoms with Crippen LogP contribution in [0, 0.1) is 5.92 Å². The number of rotatable bonds is 0. The number of cyclic esters (lactones) is 1. The Morgan fingerprint density at radius 1 is 0.833 bits per heavy atom. The first-order valence-electron chi connectivity index (χ1n) is 7.94. The third kappa shape index (κ3) is 8.54. The summed E-state index contributed by atoms with van der Waals surface area (Å²) < 4.78 is 5.27. The molecule has 2 heteroatoms. The first-order valence-corrected chi connectivity index (χ1v) is 7.94. The minimum Gasteiger partial charge on any atom is -0.466 e. The van der Waals surface area contributed by atoms with Crippen molar-refractivity contribution < 1.29 is 9.53 Å². The molecule has 0 aliphatic carbocycles. The maximum absolute atomic E-state index is 11.6. The fourth-order valence-electron chi connectivity index (χ4n) is 2.64. The van der Waals surface area contributed by atoms with Gasteiger partial charge in [0, 0.05) is 6.42 Å². The summed E-state index contributed by atoms with van der Waals surface area (Å²) in [4.78, 5) is 11.6. The van der Waals surface area contributed by atoms with Crippen molar-refractivity contribution in [3.63, 3.8) is 0 Å². The quantitative estimate of drug-likeness (QED) is 0.577. The summed E-state index contributed by atoms with van der Waals surface area (Å²) in [5, 5.41) is 0. The molecule has 1 rings (SSSR count). The monoisotopic (exact) mass is 254 g/mol. The number of carbonyl (C=O) groups excluding carboxylic acids is 1. The molecule has 0 unspecified atom stereocenters. The van der Waals surface area contributed by atoms with Gasteiger partial charge in [-0.15, -0.1) is 0 Å². The van der Waals surface area contributed by atoms with Crippen molar-refractivity contribution in [3.05, 3.63) is 0 Å². The predicted molar refractivity (Wildman–Crippen MR) is 75.5 cm³/mol. The lowest BCUT2D eigenvalue weighted by atomic mass is 9.98. The van der Waals surface area contributed by atoms with Gasteiger partial charge in [-0.25, -0.2) is 0 Å². The van der Waals surface area contributed by atoms with Gasteiger partial charge in [0.1, 0.15) is 0 Å². The van der Waals surface area contributed by atoms with Crippen LogP contribution < -0.4 is 0 Å². The van der Waals surface area contributed by atoms with E-state index in [0.29, 0.717) is 18.9 Å². The Hall–Kier alpha value is -0.530. The molecule has 0 aromatic rings. The van der Waals surface area contributed by atoms with Crippen molar-refractivity contribution in [2.75, 3.05) is 6.61 Å². The fourth-order valence-corrected chi connectivity index (χ4v) is 2.64. The van der Waals surface area contributed by atoms with Gasteiger partial charge in [-0.2, -0.15) is 0 Å². The first-order chi connectivity index (χ1) is 8.79. The molecule has 106 valence electrons.